The molecule has 0 radical (unpaired) electrons. The van der Waals surface area contributed by atoms with Gasteiger partial charge in [-0.25, -0.2) is 0 Å². The fourth-order valence-corrected chi connectivity index (χ4v) is 3.35. The van der Waals surface area contributed by atoms with Crippen molar-refractivity contribution in [2.24, 2.45) is 5.41 Å². The number of likely N-dealkylation sites (tertiary alicyclic amines) is 1. The molecule has 0 spiro atoms. The summed E-state index contributed by atoms with van der Waals surface area (Å²) in [5.41, 5.74) is 0.289. The van der Waals surface area contributed by atoms with E-state index in [0.29, 0.717) is 11.1 Å². The molecule has 2 heterocycles. The maximum absolute atomic E-state index is 13.2. The largest absolute Gasteiger partial charge is 0.481 e. The number of carboxylic acids is 1. The highest BCUT2D eigenvalue weighted by molar-refractivity contribution is 5.90. The summed E-state index contributed by atoms with van der Waals surface area (Å²) in [6.45, 7) is 2.71. The molecule has 26 heavy (non-hydrogen) atoms. The lowest BCUT2D eigenvalue weighted by atomic mass is 9.86. The number of hydrogen-bond acceptors (Lipinski definition) is 3. The molecule has 1 saturated heterocycles. The molecule has 1 aliphatic heterocycles. The fourth-order valence-electron chi connectivity index (χ4n) is 3.35. The summed E-state index contributed by atoms with van der Waals surface area (Å²) in [4.78, 5) is 24.7. The van der Waals surface area contributed by atoms with E-state index in [-0.39, 0.29) is 13.0 Å². The maximum Gasteiger partial charge on any atom is 0.406 e. The summed E-state index contributed by atoms with van der Waals surface area (Å²) in [5, 5.41) is 9.82. The van der Waals surface area contributed by atoms with Gasteiger partial charge in [0, 0.05) is 24.0 Å². The van der Waals surface area contributed by atoms with Gasteiger partial charge in [-0.15, -0.1) is 0 Å². The number of alkyl halides is 3. The molecule has 3 rings (SSSR count). The monoisotopic (exact) mass is 369 g/mol. The second-order valence-corrected chi connectivity index (χ2v) is 6.77. The van der Waals surface area contributed by atoms with E-state index < -0.39 is 36.4 Å². The van der Waals surface area contributed by atoms with Crippen LogP contribution in [0.1, 0.15) is 23.1 Å². The second kappa shape index (κ2) is 6.03. The number of halogens is 3. The van der Waals surface area contributed by atoms with Crippen LogP contribution in [0.5, 0.6) is 0 Å². The number of carboxylic acid groups (broad SMARTS) is 1. The van der Waals surface area contributed by atoms with E-state index in [1.807, 2.05) is 26.0 Å². The van der Waals surface area contributed by atoms with Crippen molar-refractivity contribution in [2.45, 2.75) is 32.9 Å². The van der Waals surface area contributed by atoms with E-state index in [9.17, 15) is 22.8 Å². The predicted octanol–water partition coefficient (Wildman–Crippen LogP) is 3.46. The average Bonchev–Trinajstić information content (AvgIpc) is 3.16. The molecular formula is C18H18F3NO4. The SMILES string of the molecule is Cc1ccc2c(CC(=O)N3CCC(C(=O)O)(C(F)(F)F)C3)coc2c1C. The zero-order valence-corrected chi connectivity index (χ0v) is 14.3. The molecule has 1 aliphatic rings. The van der Waals surface area contributed by atoms with Gasteiger partial charge in [-0.3, -0.25) is 9.59 Å². The van der Waals surface area contributed by atoms with Crippen molar-refractivity contribution < 1.29 is 32.3 Å². The van der Waals surface area contributed by atoms with Crippen LogP contribution in [-0.4, -0.2) is 41.1 Å². The first-order valence-corrected chi connectivity index (χ1v) is 8.11. The highest BCUT2D eigenvalue weighted by atomic mass is 19.4. The Morgan fingerprint density at radius 1 is 1.31 bits per heavy atom. The highest BCUT2D eigenvalue weighted by Gasteiger charge is 2.64. The van der Waals surface area contributed by atoms with Crippen molar-refractivity contribution >= 4 is 22.8 Å². The van der Waals surface area contributed by atoms with Gasteiger partial charge in [-0.1, -0.05) is 12.1 Å². The maximum atomic E-state index is 13.2. The summed E-state index contributed by atoms with van der Waals surface area (Å²) in [7, 11) is 0. The Bertz CT molecular complexity index is 886. The van der Waals surface area contributed by atoms with Crippen LogP contribution in [0.25, 0.3) is 11.0 Å². The predicted molar refractivity (Wildman–Crippen MR) is 86.7 cm³/mol. The standard InChI is InChI=1S/C18H18F3NO4/c1-10-3-4-13-12(8-26-15(13)11(10)2)7-14(23)22-6-5-17(9-22,16(24)25)18(19,20)21/h3-4,8H,5-7,9H2,1-2H3,(H,24,25). The van der Waals surface area contributed by atoms with Crippen LogP contribution in [0.15, 0.2) is 22.8 Å². The normalized spacial score (nSPS) is 20.7. The third-order valence-corrected chi connectivity index (χ3v) is 5.26. The van der Waals surface area contributed by atoms with E-state index in [2.05, 4.69) is 0 Å². The molecule has 140 valence electrons. The molecule has 1 atom stereocenters. The number of rotatable bonds is 3. The van der Waals surface area contributed by atoms with Crippen LogP contribution in [0.4, 0.5) is 13.2 Å². The van der Waals surface area contributed by atoms with Crippen molar-refractivity contribution in [3.63, 3.8) is 0 Å². The molecule has 1 N–H and O–H groups in total. The number of furan rings is 1. The molecule has 1 aromatic heterocycles. The van der Waals surface area contributed by atoms with Gasteiger partial charge in [0.05, 0.1) is 12.7 Å². The lowest BCUT2D eigenvalue weighted by Crippen LogP contribution is -2.47. The van der Waals surface area contributed by atoms with Crippen LogP contribution < -0.4 is 0 Å². The number of benzene rings is 1. The minimum absolute atomic E-state index is 0.136. The number of aliphatic carboxylic acids is 1. The quantitative estimate of drug-likeness (QED) is 0.900. The van der Waals surface area contributed by atoms with Gasteiger partial charge in [-0.05, 0) is 31.4 Å². The van der Waals surface area contributed by atoms with Crippen LogP contribution in [0, 0.1) is 19.3 Å². The molecule has 0 bridgehead atoms. The smallest absolute Gasteiger partial charge is 0.406 e. The first kappa shape index (κ1) is 18.3. The zero-order chi connectivity index (χ0) is 19.3. The molecule has 2 aromatic rings. The number of amides is 1. The first-order chi connectivity index (χ1) is 12.1. The van der Waals surface area contributed by atoms with Gasteiger partial charge in [-0.2, -0.15) is 13.2 Å². The Balaban J connectivity index is 1.82. The van der Waals surface area contributed by atoms with Gasteiger partial charge in [0.25, 0.3) is 0 Å². The van der Waals surface area contributed by atoms with E-state index in [1.54, 1.807) is 0 Å². The van der Waals surface area contributed by atoms with Crippen molar-refractivity contribution in [1.29, 1.82) is 0 Å². The van der Waals surface area contributed by atoms with Gasteiger partial charge in [0.2, 0.25) is 5.91 Å². The van der Waals surface area contributed by atoms with Crippen LogP contribution in [0.3, 0.4) is 0 Å². The number of carbonyl (C=O) groups excluding carboxylic acids is 1. The van der Waals surface area contributed by atoms with E-state index >= 15 is 0 Å². The van der Waals surface area contributed by atoms with Crippen molar-refractivity contribution in [2.75, 3.05) is 13.1 Å². The van der Waals surface area contributed by atoms with E-state index in [0.717, 1.165) is 21.4 Å². The Morgan fingerprint density at radius 3 is 2.58 bits per heavy atom. The number of nitrogens with zero attached hydrogens (tertiary/aromatic N) is 1. The molecular weight excluding hydrogens is 351 g/mol. The third-order valence-electron chi connectivity index (χ3n) is 5.26. The van der Waals surface area contributed by atoms with Crippen molar-refractivity contribution in [3.8, 4) is 0 Å². The molecule has 1 aromatic carbocycles. The Hall–Kier alpha value is -2.51. The van der Waals surface area contributed by atoms with E-state index in [4.69, 9.17) is 9.52 Å². The minimum Gasteiger partial charge on any atom is -0.481 e. The van der Waals surface area contributed by atoms with Gasteiger partial charge >= 0.3 is 12.1 Å². The summed E-state index contributed by atoms with van der Waals surface area (Å²) < 4.78 is 45.2. The number of aryl methyl sites for hydroxylation is 2. The van der Waals surface area contributed by atoms with Gasteiger partial charge < -0.3 is 14.4 Å². The molecule has 8 heteroatoms. The summed E-state index contributed by atoms with van der Waals surface area (Å²) >= 11 is 0. The lowest BCUT2D eigenvalue weighted by molar-refractivity contribution is -0.227. The van der Waals surface area contributed by atoms with Crippen LogP contribution >= 0.6 is 0 Å². The summed E-state index contributed by atoms with van der Waals surface area (Å²) in [6, 6.07) is 3.70. The number of hydrogen-bond donors (Lipinski definition) is 1. The number of carbonyl (C=O) groups is 2. The molecule has 0 saturated carbocycles. The minimum atomic E-state index is -4.91. The Morgan fingerprint density at radius 2 is 2.00 bits per heavy atom. The van der Waals surface area contributed by atoms with Gasteiger partial charge in [0.1, 0.15) is 5.58 Å². The van der Waals surface area contributed by atoms with Crippen LogP contribution in [-0.2, 0) is 16.0 Å². The molecule has 5 nitrogen and oxygen atoms in total. The van der Waals surface area contributed by atoms with Crippen LogP contribution in [0.2, 0.25) is 0 Å². The van der Waals surface area contributed by atoms with Crippen molar-refractivity contribution in [3.05, 3.63) is 35.1 Å². The summed E-state index contributed by atoms with van der Waals surface area (Å²) in [5.74, 6) is -2.49. The van der Waals surface area contributed by atoms with Gasteiger partial charge in [0.15, 0.2) is 5.41 Å². The Labute approximate surface area is 147 Å². The molecule has 1 unspecified atom stereocenters. The molecule has 0 aliphatic carbocycles. The first-order valence-electron chi connectivity index (χ1n) is 8.11. The number of fused-ring (bicyclic) bond motifs is 1. The summed E-state index contributed by atoms with van der Waals surface area (Å²) in [6.07, 6.45) is -4.25. The highest BCUT2D eigenvalue weighted by Crippen LogP contribution is 2.45. The second-order valence-electron chi connectivity index (χ2n) is 6.77. The topological polar surface area (TPSA) is 70.8 Å². The third kappa shape index (κ3) is 2.73. The van der Waals surface area contributed by atoms with Crippen molar-refractivity contribution in [1.82, 2.24) is 4.90 Å². The average molecular weight is 369 g/mol. The molecule has 1 fully saturated rings. The fraction of sp³-hybridized carbons (Fsp3) is 0.444. The lowest BCUT2D eigenvalue weighted by Gasteiger charge is -2.27. The zero-order valence-electron chi connectivity index (χ0n) is 14.3. The molecule has 1 amide bonds. The van der Waals surface area contributed by atoms with E-state index in [1.165, 1.54) is 6.26 Å². The Kier molecular flexibility index (Phi) is 4.24.